The predicted octanol–water partition coefficient (Wildman–Crippen LogP) is -4.60. The molecule has 4 aliphatic rings. The van der Waals surface area contributed by atoms with Gasteiger partial charge in [0.1, 0.15) is 48.8 Å². The third-order valence-corrected chi connectivity index (χ3v) is 7.51. The van der Waals surface area contributed by atoms with E-state index < -0.39 is 111 Å². The number of fused-ring (bicyclic) bond motifs is 1. The summed E-state index contributed by atoms with van der Waals surface area (Å²) in [6, 6.07) is 0. The summed E-state index contributed by atoms with van der Waals surface area (Å²) in [7, 11) is 1.20. The van der Waals surface area contributed by atoms with Crippen molar-refractivity contribution in [2.24, 2.45) is 11.8 Å². The molecule has 0 saturated carbocycles. The van der Waals surface area contributed by atoms with E-state index >= 15 is 0 Å². The first kappa shape index (κ1) is 30.4. The van der Waals surface area contributed by atoms with Gasteiger partial charge in [-0.05, 0) is 6.92 Å². The number of carbonyl (C=O) groups is 1. The molecule has 4 aliphatic heterocycles. The lowest BCUT2D eigenvalue weighted by Crippen LogP contribution is -2.62. The summed E-state index contributed by atoms with van der Waals surface area (Å²) in [5, 5.41) is 80.9. The van der Waals surface area contributed by atoms with Crippen LogP contribution in [-0.2, 0) is 38.0 Å². The number of rotatable bonds is 7. The highest BCUT2D eigenvalue weighted by Gasteiger charge is 2.52. The van der Waals surface area contributed by atoms with Crippen LogP contribution in [0.1, 0.15) is 13.3 Å². The highest BCUT2D eigenvalue weighted by atomic mass is 16.8. The van der Waals surface area contributed by atoms with E-state index in [4.69, 9.17) is 33.2 Å². The van der Waals surface area contributed by atoms with Crippen LogP contribution in [0.3, 0.4) is 0 Å². The second-order valence-corrected chi connectivity index (χ2v) is 9.97. The highest BCUT2D eigenvalue weighted by Crippen LogP contribution is 2.42. The van der Waals surface area contributed by atoms with Gasteiger partial charge in [-0.2, -0.15) is 0 Å². The van der Waals surface area contributed by atoms with Crippen LogP contribution in [0.5, 0.6) is 0 Å². The molecule has 4 heterocycles. The Hall–Kier alpha value is -1.51. The van der Waals surface area contributed by atoms with Crippen molar-refractivity contribution in [3.63, 3.8) is 0 Å². The fraction of sp³-hybridized carbons (Fsp3) is 0.870. The summed E-state index contributed by atoms with van der Waals surface area (Å²) in [6.45, 7) is 0.417. The fourth-order valence-corrected chi connectivity index (χ4v) is 5.29. The largest absolute Gasteiger partial charge is 0.471 e. The molecule has 39 heavy (non-hydrogen) atoms. The molecular formula is C23H36O16. The maximum absolute atomic E-state index is 12.3. The van der Waals surface area contributed by atoms with Gasteiger partial charge in [-0.1, -0.05) is 0 Å². The molecule has 0 aromatic carbocycles. The standard InChI is InChI=1S/C23H36O16/c1-7-13-8(3-12(25)36-7)9(20(32)33-2)5-34-21(13)39-23-19(31)17(29)15(27)11(38-23)6-35-22-18(30)16(28)14(26)10(4-24)37-22/h5,7-8,10-19,21-31H,3-4,6H2,1-2H3/t7-,8+,10+,11+,12-,13+,14+,15+,16-,17-,18+,19+,21-,22+,23-/m0/s1. The molecule has 3 saturated heterocycles. The van der Waals surface area contributed by atoms with Crippen molar-refractivity contribution in [1.29, 1.82) is 0 Å². The molecule has 8 N–H and O–H groups in total. The van der Waals surface area contributed by atoms with E-state index in [1.807, 2.05) is 0 Å². The van der Waals surface area contributed by atoms with Crippen LogP contribution >= 0.6 is 0 Å². The molecule has 0 unspecified atom stereocenters. The zero-order valence-electron chi connectivity index (χ0n) is 21.2. The maximum atomic E-state index is 12.3. The topological polar surface area (TPSA) is 244 Å². The van der Waals surface area contributed by atoms with Gasteiger partial charge in [-0.3, -0.25) is 0 Å². The molecule has 0 amide bonds. The summed E-state index contributed by atoms with van der Waals surface area (Å²) in [5.74, 6) is -1.93. The Morgan fingerprint density at radius 3 is 2.13 bits per heavy atom. The first-order chi connectivity index (χ1) is 18.5. The number of ether oxygens (including phenoxy) is 7. The zero-order valence-corrected chi connectivity index (χ0v) is 21.2. The minimum atomic E-state index is -1.77. The third kappa shape index (κ3) is 6.08. The Bertz CT molecular complexity index is 869. The Balaban J connectivity index is 1.45. The lowest BCUT2D eigenvalue weighted by Gasteiger charge is -2.47. The Morgan fingerprint density at radius 2 is 1.49 bits per heavy atom. The van der Waals surface area contributed by atoms with E-state index in [1.54, 1.807) is 6.92 Å². The number of esters is 1. The van der Waals surface area contributed by atoms with Gasteiger partial charge in [0.15, 0.2) is 18.9 Å². The van der Waals surface area contributed by atoms with Crippen LogP contribution in [0.4, 0.5) is 0 Å². The monoisotopic (exact) mass is 568 g/mol. The number of aliphatic hydroxyl groups is 8. The van der Waals surface area contributed by atoms with E-state index in [-0.39, 0.29) is 12.0 Å². The number of hydrogen-bond donors (Lipinski definition) is 8. The Labute approximate surface area is 222 Å². The SMILES string of the molecule is COC(=O)C1=CO[C@@H](O[C@@H]2O[C@H](CO[C@@H]3O[C@H](CO)[C@@H](O)[C@H](O)[C@H]3O)[C@@H](O)[C@H](O)[C@H]2O)[C@@H]2[C@H](C)O[C@H](O)C[C@H]12. The fourth-order valence-electron chi connectivity index (χ4n) is 5.29. The summed E-state index contributed by atoms with van der Waals surface area (Å²) in [5.41, 5.74) is 0.155. The molecule has 4 rings (SSSR count). The van der Waals surface area contributed by atoms with Gasteiger partial charge in [-0.25, -0.2) is 4.79 Å². The van der Waals surface area contributed by atoms with E-state index in [0.717, 1.165) is 6.26 Å². The minimum Gasteiger partial charge on any atom is -0.471 e. The van der Waals surface area contributed by atoms with Gasteiger partial charge in [0.25, 0.3) is 0 Å². The average molecular weight is 569 g/mol. The molecule has 0 bridgehead atoms. The quantitative estimate of drug-likeness (QED) is 0.135. The normalized spacial score (nSPS) is 48.5. The van der Waals surface area contributed by atoms with Crippen LogP contribution in [0.25, 0.3) is 0 Å². The number of carbonyl (C=O) groups excluding carboxylic acids is 1. The van der Waals surface area contributed by atoms with Crippen molar-refractivity contribution >= 4 is 5.97 Å². The summed E-state index contributed by atoms with van der Waals surface area (Å²) in [6.07, 6.45) is -17.8. The second-order valence-electron chi connectivity index (χ2n) is 9.97. The molecule has 16 heteroatoms. The van der Waals surface area contributed by atoms with Crippen molar-refractivity contribution in [2.45, 2.75) is 93.4 Å². The van der Waals surface area contributed by atoms with Gasteiger partial charge < -0.3 is 74.0 Å². The molecule has 16 nitrogen and oxygen atoms in total. The first-order valence-corrected chi connectivity index (χ1v) is 12.5. The van der Waals surface area contributed by atoms with E-state index in [0.29, 0.717) is 0 Å². The first-order valence-electron chi connectivity index (χ1n) is 12.5. The summed E-state index contributed by atoms with van der Waals surface area (Å²) in [4.78, 5) is 12.3. The third-order valence-electron chi connectivity index (χ3n) is 7.51. The van der Waals surface area contributed by atoms with Crippen LogP contribution in [0.15, 0.2) is 11.8 Å². The lowest BCUT2D eigenvalue weighted by atomic mass is 9.77. The number of methoxy groups -OCH3 is 1. The molecule has 3 fully saturated rings. The summed E-state index contributed by atoms with van der Waals surface area (Å²) >= 11 is 0. The van der Waals surface area contributed by atoms with Crippen molar-refractivity contribution in [2.75, 3.05) is 20.3 Å². The smallest absolute Gasteiger partial charge is 0.337 e. The average Bonchev–Trinajstić information content (AvgIpc) is 2.91. The van der Waals surface area contributed by atoms with Crippen LogP contribution in [0.2, 0.25) is 0 Å². The van der Waals surface area contributed by atoms with Gasteiger partial charge in [-0.15, -0.1) is 0 Å². The molecule has 0 radical (unpaired) electrons. The Kier molecular flexibility index (Phi) is 9.81. The van der Waals surface area contributed by atoms with E-state index in [9.17, 15) is 45.6 Å². The van der Waals surface area contributed by atoms with Crippen LogP contribution < -0.4 is 0 Å². The second kappa shape index (κ2) is 12.6. The van der Waals surface area contributed by atoms with Crippen molar-refractivity contribution in [3.8, 4) is 0 Å². The minimum absolute atomic E-state index is 0.0319. The molecule has 224 valence electrons. The number of hydrogen-bond acceptors (Lipinski definition) is 16. The van der Waals surface area contributed by atoms with Crippen molar-refractivity contribution < 1.29 is 78.8 Å². The van der Waals surface area contributed by atoms with Gasteiger partial charge in [0.2, 0.25) is 6.29 Å². The molecule has 0 aromatic heterocycles. The predicted molar refractivity (Wildman–Crippen MR) is 121 cm³/mol. The van der Waals surface area contributed by atoms with Gasteiger partial charge >= 0.3 is 5.97 Å². The van der Waals surface area contributed by atoms with Crippen molar-refractivity contribution in [3.05, 3.63) is 11.8 Å². The van der Waals surface area contributed by atoms with Crippen molar-refractivity contribution in [1.82, 2.24) is 0 Å². The Morgan fingerprint density at radius 1 is 0.872 bits per heavy atom. The lowest BCUT2D eigenvalue weighted by molar-refractivity contribution is -0.361. The van der Waals surface area contributed by atoms with Gasteiger partial charge in [0, 0.05) is 12.3 Å². The number of aliphatic hydroxyl groups excluding tert-OH is 8. The zero-order chi connectivity index (χ0) is 28.6. The molecule has 0 aliphatic carbocycles. The van der Waals surface area contributed by atoms with Crippen LogP contribution in [-0.4, -0.2) is 147 Å². The molecule has 0 aromatic rings. The maximum Gasteiger partial charge on any atom is 0.337 e. The molecule has 0 spiro atoms. The molecule has 15 atom stereocenters. The highest BCUT2D eigenvalue weighted by molar-refractivity contribution is 5.88. The van der Waals surface area contributed by atoms with Gasteiger partial charge in [0.05, 0.1) is 44.2 Å². The van der Waals surface area contributed by atoms with E-state index in [2.05, 4.69) is 0 Å². The van der Waals surface area contributed by atoms with Crippen LogP contribution in [0, 0.1) is 11.8 Å². The summed E-state index contributed by atoms with van der Waals surface area (Å²) < 4.78 is 38.1. The molecular weight excluding hydrogens is 532 g/mol. The van der Waals surface area contributed by atoms with E-state index in [1.165, 1.54) is 7.11 Å².